The van der Waals surface area contributed by atoms with Crippen LogP contribution in [0.2, 0.25) is 5.02 Å². The number of hydrogen-bond acceptors (Lipinski definition) is 6. The fraction of sp³-hybridized carbons (Fsp3) is 0.500. The molecule has 0 aromatic heterocycles. The van der Waals surface area contributed by atoms with Gasteiger partial charge in [-0.25, -0.2) is 0 Å². The van der Waals surface area contributed by atoms with Crippen molar-refractivity contribution in [2.75, 3.05) is 26.8 Å². The number of carbonyl (C=O) groups excluding carboxylic acids is 4. The van der Waals surface area contributed by atoms with Crippen LogP contribution in [0.15, 0.2) is 48.5 Å². The third kappa shape index (κ3) is 10.5. The number of fused-ring (bicyclic) bond motifs is 1. The van der Waals surface area contributed by atoms with Crippen LogP contribution in [0.3, 0.4) is 0 Å². The van der Waals surface area contributed by atoms with Crippen LogP contribution in [-0.4, -0.2) is 73.5 Å². The molecule has 10 nitrogen and oxygen atoms in total. The molecule has 3 atom stereocenters. The first-order valence-corrected chi connectivity index (χ1v) is 15.1. The van der Waals surface area contributed by atoms with Gasteiger partial charge in [-0.1, -0.05) is 51.4 Å². The van der Waals surface area contributed by atoms with Crippen molar-refractivity contribution >= 4 is 35.2 Å². The van der Waals surface area contributed by atoms with E-state index in [1.165, 1.54) is 0 Å². The monoisotopic (exact) mass is 614 g/mol. The van der Waals surface area contributed by atoms with Crippen LogP contribution in [0.25, 0.3) is 0 Å². The van der Waals surface area contributed by atoms with Gasteiger partial charge in [-0.3, -0.25) is 19.2 Å². The first-order chi connectivity index (χ1) is 20.4. The maximum Gasteiger partial charge on any atom is 0.255 e. The van der Waals surface area contributed by atoms with Crippen molar-refractivity contribution in [3.63, 3.8) is 0 Å². The van der Waals surface area contributed by atoms with Crippen molar-refractivity contribution in [1.29, 1.82) is 0 Å². The minimum absolute atomic E-state index is 0.118. The quantitative estimate of drug-likeness (QED) is 0.369. The number of halogens is 1. The lowest BCUT2D eigenvalue weighted by Gasteiger charge is -2.33. The Hall–Kier alpha value is -3.79. The number of para-hydroxylation sites is 1. The Labute approximate surface area is 258 Å². The fourth-order valence-electron chi connectivity index (χ4n) is 4.85. The number of nitrogens with zero attached hydrogens (tertiary/aromatic N) is 1. The maximum atomic E-state index is 13.7. The lowest BCUT2D eigenvalue weighted by molar-refractivity contribution is -0.138. The van der Waals surface area contributed by atoms with Gasteiger partial charge >= 0.3 is 0 Å². The highest BCUT2D eigenvalue weighted by Gasteiger charge is 2.32. The summed E-state index contributed by atoms with van der Waals surface area (Å²) in [6.07, 6.45) is 0.723. The molecular weight excluding hydrogens is 572 g/mol. The summed E-state index contributed by atoms with van der Waals surface area (Å²) >= 11 is 5.90. The largest absolute Gasteiger partial charge is 0.492 e. The molecular formula is C32H43ClN4O6. The average Bonchev–Trinajstić information content (AvgIpc) is 2.96. The summed E-state index contributed by atoms with van der Waals surface area (Å²) in [5.74, 6) is -0.565. The maximum absolute atomic E-state index is 13.7. The molecule has 11 heteroatoms. The zero-order valence-corrected chi connectivity index (χ0v) is 26.3. The van der Waals surface area contributed by atoms with Crippen molar-refractivity contribution in [3.05, 3.63) is 59.1 Å². The average molecular weight is 615 g/mol. The van der Waals surface area contributed by atoms with E-state index in [2.05, 4.69) is 29.8 Å². The highest BCUT2D eigenvalue weighted by molar-refractivity contribution is 6.30. The molecule has 0 spiro atoms. The van der Waals surface area contributed by atoms with E-state index in [0.717, 1.165) is 0 Å². The van der Waals surface area contributed by atoms with Crippen molar-refractivity contribution < 1.29 is 28.7 Å². The van der Waals surface area contributed by atoms with Crippen molar-refractivity contribution in [2.24, 2.45) is 11.8 Å². The third-order valence-corrected chi connectivity index (χ3v) is 7.29. The van der Waals surface area contributed by atoms with E-state index in [4.69, 9.17) is 21.1 Å². The SMILES string of the molecule is CC(C)C[C@@H]1COc2ccccc2C(=O)N[C@H](C(=O)NCCOc2ccc(Cl)cc2)CC(=O)N[C@@H](CC(C)C)C(=O)N1C. The molecule has 3 N–H and O–H groups in total. The summed E-state index contributed by atoms with van der Waals surface area (Å²) in [5, 5.41) is 8.83. The van der Waals surface area contributed by atoms with Crippen LogP contribution < -0.4 is 25.4 Å². The lowest BCUT2D eigenvalue weighted by atomic mass is 9.99. The Bertz CT molecular complexity index is 1250. The first-order valence-electron chi connectivity index (χ1n) is 14.7. The lowest BCUT2D eigenvalue weighted by Crippen LogP contribution is -2.55. The van der Waals surface area contributed by atoms with Gasteiger partial charge < -0.3 is 30.3 Å². The number of amides is 4. The van der Waals surface area contributed by atoms with Gasteiger partial charge in [0.25, 0.3) is 5.91 Å². The minimum atomic E-state index is -1.21. The van der Waals surface area contributed by atoms with Crippen LogP contribution in [-0.2, 0) is 14.4 Å². The van der Waals surface area contributed by atoms with Gasteiger partial charge in [0, 0.05) is 12.1 Å². The molecule has 0 unspecified atom stereocenters. The van der Waals surface area contributed by atoms with Crippen LogP contribution in [0.1, 0.15) is 57.3 Å². The van der Waals surface area contributed by atoms with E-state index >= 15 is 0 Å². The molecule has 2 aromatic carbocycles. The van der Waals surface area contributed by atoms with Crippen molar-refractivity contribution in [3.8, 4) is 11.5 Å². The summed E-state index contributed by atoms with van der Waals surface area (Å²) in [6, 6.07) is 11.2. The molecule has 2 aromatic rings. The van der Waals surface area contributed by atoms with E-state index in [1.54, 1.807) is 60.5 Å². The normalized spacial score (nSPS) is 20.0. The van der Waals surface area contributed by atoms with E-state index in [1.807, 2.05) is 13.8 Å². The second-order valence-corrected chi connectivity index (χ2v) is 12.0. The summed E-state index contributed by atoms with van der Waals surface area (Å²) in [5.41, 5.74) is 0.221. The molecule has 0 aliphatic carbocycles. The predicted molar refractivity (Wildman–Crippen MR) is 165 cm³/mol. The van der Waals surface area contributed by atoms with Gasteiger partial charge in [0.1, 0.15) is 36.8 Å². The molecule has 0 bridgehead atoms. The zero-order chi connectivity index (χ0) is 31.5. The van der Waals surface area contributed by atoms with Crippen LogP contribution in [0.5, 0.6) is 11.5 Å². The van der Waals surface area contributed by atoms with Crippen LogP contribution >= 0.6 is 11.6 Å². The van der Waals surface area contributed by atoms with E-state index < -0.39 is 29.8 Å². The molecule has 1 heterocycles. The smallest absolute Gasteiger partial charge is 0.255 e. The number of hydrogen-bond donors (Lipinski definition) is 3. The van der Waals surface area contributed by atoms with Gasteiger partial charge in [0.2, 0.25) is 17.7 Å². The van der Waals surface area contributed by atoms with Gasteiger partial charge in [0.05, 0.1) is 24.6 Å². The summed E-state index contributed by atoms with van der Waals surface area (Å²) in [7, 11) is 1.71. The summed E-state index contributed by atoms with van der Waals surface area (Å²) < 4.78 is 11.8. The second kappa shape index (κ2) is 16.2. The summed E-state index contributed by atoms with van der Waals surface area (Å²) in [6.45, 7) is 8.51. The number of nitrogens with one attached hydrogen (secondary N) is 3. The number of benzene rings is 2. The number of likely N-dealkylation sites (N-methyl/N-ethyl adjacent to an activating group) is 1. The zero-order valence-electron chi connectivity index (χ0n) is 25.5. The van der Waals surface area contributed by atoms with Crippen molar-refractivity contribution in [2.45, 2.75) is 65.1 Å². The Kier molecular flexibility index (Phi) is 12.7. The number of ether oxygens (including phenoxy) is 2. The fourth-order valence-corrected chi connectivity index (χ4v) is 4.97. The number of rotatable bonds is 9. The molecule has 3 rings (SSSR count). The third-order valence-electron chi connectivity index (χ3n) is 7.04. The standard InChI is InChI=1S/C32H43ClN4O6/c1-20(2)16-23-19-43-28-9-7-6-8-25(28)30(39)36-26(18-29(38)35-27(17-21(3)4)32(41)37(23)5)31(40)34-14-15-42-24-12-10-22(33)11-13-24/h6-13,20-21,23,26-27H,14-19H2,1-5H3,(H,34,40)(H,35,38)(H,36,39)/t23-,26+,27+/m1/s1. The molecule has 1 aliphatic heterocycles. The topological polar surface area (TPSA) is 126 Å². The Morgan fingerprint density at radius 2 is 1.70 bits per heavy atom. The first kappa shape index (κ1) is 33.7. The minimum Gasteiger partial charge on any atom is -0.492 e. The molecule has 0 saturated heterocycles. The molecule has 234 valence electrons. The Balaban J connectivity index is 1.84. The highest BCUT2D eigenvalue weighted by Crippen LogP contribution is 2.22. The molecule has 43 heavy (non-hydrogen) atoms. The Morgan fingerprint density at radius 1 is 1.02 bits per heavy atom. The summed E-state index contributed by atoms with van der Waals surface area (Å²) in [4.78, 5) is 55.3. The molecule has 1 aliphatic rings. The van der Waals surface area contributed by atoms with Gasteiger partial charge in [-0.15, -0.1) is 0 Å². The number of carbonyl (C=O) groups is 4. The van der Waals surface area contributed by atoms with Crippen LogP contribution in [0, 0.1) is 11.8 Å². The van der Waals surface area contributed by atoms with Gasteiger partial charge in [-0.2, -0.15) is 0 Å². The van der Waals surface area contributed by atoms with Crippen molar-refractivity contribution in [1.82, 2.24) is 20.9 Å². The molecule has 0 radical (unpaired) electrons. The van der Waals surface area contributed by atoms with Gasteiger partial charge in [-0.05, 0) is 61.1 Å². The Morgan fingerprint density at radius 3 is 2.37 bits per heavy atom. The van der Waals surface area contributed by atoms with E-state index in [9.17, 15) is 19.2 Å². The predicted octanol–water partition coefficient (Wildman–Crippen LogP) is 3.82. The molecule has 0 fully saturated rings. The van der Waals surface area contributed by atoms with Crippen LogP contribution in [0.4, 0.5) is 0 Å². The van der Waals surface area contributed by atoms with Gasteiger partial charge in [0.15, 0.2) is 0 Å². The second-order valence-electron chi connectivity index (χ2n) is 11.6. The highest BCUT2D eigenvalue weighted by atomic mass is 35.5. The van der Waals surface area contributed by atoms with E-state index in [-0.39, 0.29) is 55.5 Å². The molecule has 4 amide bonds. The molecule has 0 saturated carbocycles. The van der Waals surface area contributed by atoms with E-state index in [0.29, 0.717) is 29.4 Å².